The number of nitrogens with one attached hydrogen (secondary N) is 1. The molecular weight excluding hydrogens is 330 g/mol. The van der Waals surface area contributed by atoms with E-state index >= 15 is 0 Å². The van der Waals surface area contributed by atoms with Gasteiger partial charge < -0.3 is 14.5 Å². The number of carbonyl (C=O) groups is 2. The fraction of sp³-hybridized carbons (Fsp3) is 0.143. The summed E-state index contributed by atoms with van der Waals surface area (Å²) < 4.78 is 11.1. The highest BCUT2D eigenvalue weighted by molar-refractivity contribution is 5.88. The first-order valence-electron chi connectivity index (χ1n) is 8.32. The van der Waals surface area contributed by atoms with Crippen molar-refractivity contribution in [2.45, 2.75) is 19.8 Å². The lowest BCUT2D eigenvalue weighted by Crippen LogP contribution is -2.09. The van der Waals surface area contributed by atoms with Crippen LogP contribution in [0.2, 0.25) is 0 Å². The predicted molar refractivity (Wildman–Crippen MR) is 98.8 cm³/mol. The number of hydrogen-bond donors (Lipinski definition) is 1. The van der Waals surface area contributed by atoms with E-state index in [9.17, 15) is 9.59 Å². The lowest BCUT2D eigenvalue weighted by molar-refractivity contribution is -0.134. The number of esters is 1. The molecule has 26 heavy (non-hydrogen) atoms. The molecule has 1 heterocycles. The Labute approximate surface area is 151 Å². The Balaban J connectivity index is 1.51. The van der Waals surface area contributed by atoms with Crippen LogP contribution in [0, 0.1) is 0 Å². The van der Waals surface area contributed by atoms with E-state index in [2.05, 4.69) is 5.32 Å². The zero-order valence-corrected chi connectivity index (χ0v) is 14.4. The van der Waals surface area contributed by atoms with Crippen LogP contribution in [-0.4, -0.2) is 11.9 Å². The van der Waals surface area contributed by atoms with Crippen molar-refractivity contribution in [3.63, 3.8) is 0 Å². The summed E-state index contributed by atoms with van der Waals surface area (Å²) in [6.07, 6.45) is 0.685. The Morgan fingerprint density at radius 3 is 2.38 bits per heavy atom. The van der Waals surface area contributed by atoms with E-state index in [0.717, 1.165) is 17.1 Å². The van der Waals surface area contributed by atoms with Gasteiger partial charge in [-0.05, 0) is 36.4 Å². The van der Waals surface area contributed by atoms with E-state index in [1.54, 1.807) is 24.3 Å². The van der Waals surface area contributed by atoms with Crippen LogP contribution in [0.25, 0.3) is 11.3 Å². The zero-order chi connectivity index (χ0) is 18.4. The van der Waals surface area contributed by atoms with Gasteiger partial charge in [0.2, 0.25) is 5.91 Å². The van der Waals surface area contributed by atoms with Gasteiger partial charge in [0.1, 0.15) is 17.3 Å². The molecule has 0 saturated carbocycles. The van der Waals surface area contributed by atoms with Crippen molar-refractivity contribution in [1.29, 1.82) is 0 Å². The van der Waals surface area contributed by atoms with Crippen LogP contribution in [0.4, 0.5) is 5.69 Å². The molecule has 0 radical (unpaired) electrons. The molecule has 1 aromatic heterocycles. The fourth-order valence-corrected chi connectivity index (χ4v) is 2.49. The third kappa shape index (κ3) is 4.83. The molecule has 0 unspecified atom stereocenters. The standard InChI is InChI=1S/C21H19NO4/c1-15(23)22-17-7-9-19(10-8-17)26-21(24)14-12-18-11-13-20(25-18)16-5-3-2-4-6-16/h2-11,13H,12,14H2,1H3,(H,22,23). The number of hydrogen-bond acceptors (Lipinski definition) is 4. The maximum atomic E-state index is 12.0. The Kier molecular flexibility index (Phi) is 5.49. The summed E-state index contributed by atoms with van der Waals surface area (Å²) in [6.45, 7) is 1.44. The monoisotopic (exact) mass is 349 g/mol. The largest absolute Gasteiger partial charge is 0.461 e. The second-order valence-corrected chi connectivity index (χ2v) is 5.81. The van der Waals surface area contributed by atoms with E-state index in [0.29, 0.717) is 17.9 Å². The van der Waals surface area contributed by atoms with Crippen molar-refractivity contribution in [3.8, 4) is 17.1 Å². The molecular formula is C21H19NO4. The van der Waals surface area contributed by atoms with Gasteiger partial charge in [0, 0.05) is 24.6 Å². The summed E-state index contributed by atoms with van der Waals surface area (Å²) >= 11 is 0. The fourth-order valence-electron chi connectivity index (χ4n) is 2.49. The second kappa shape index (κ2) is 8.16. The first-order valence-corrected chi connectivity index (χ1v) is 8.32. The van der Waals surface area contributed by atoms with Gasteiger partial charge in [-0.25, -0.2) is 0 Å². The number of ether oxygens (including phenoxy) is 1. The van der Waals surface area contributed by atoms with Crippen molar-refractivity contribution in [2.75, 3.05) is 5.32 Å². The molecule has 0 bridgehead atoms. The normalized spacial score (nSPS) is 10.3. The number of aryl methyl sites for hydroxylation is 1. The Morgan fingerprint density at radius 2 is 1.69 bits per heavy atom. The molecule has 3 aromatic rings. The van der Waals surface area contributed by atoms with E-state index in [-0.39, 0.29) is 18.3 Å². The molecule has 1 N–H and O–H groups in total. The van der Waals surface area contributed by atoms with Crippen molar-refractivity contribution in [1.82, 2.24) is 0 Å². The Hall–Kier alpha value is -3.34. The minimum Gasteiger partial charge on any atom is -0.461 e. The highest BCUT2D eigenvalue weighted by Crippen LogP contribution is 2.22. The average Bonchev–Trinajstić information content (AvgIpc) is 3.11. The van der Waals surface area contributed by atoms with Crippen molar-refractivity contribution >= 4 is 17.6 Å². The van der Waals surface area contributed by atoms with Gasteiger partial charge in [0.15, 0.2) is 0 Å². The molecule has 0 aliphatic heterocycles. The summed E-state index contributed by atoms with van der Waals surface area (Å²) in [5.74, 6) is 1.47. The van der Waals surface area contributed by atoms with Crippen molar-refractivity contribution < 1.29 is 18.7 Å². The van der Waals surface area contributed by atoms with Gasteiger partial charge in [-0.15, -0.1) is 0 Å². The molecule has 0 spiro atoms. The summed E-state index contributed by atoms with van der Waals surface area (Å²) in [6, 6.07) is 20.2. The molecule has 0 aliphatic carbocycles. The molecule has 1 amide bonds. The van der Waals surface area contributed by atoms with Gasteiger partial charge in [-0.1, -0.05) is 30.3 Å². The van der Waals surface area contributed by atoms with E-state index in [4.69, 9.17) is 9.15 Å². The first kappa shape index (κ1) is 17.5. The molecule has 5 nitrogen and oxygen atoms in total. The van der Waals surface area contributed by atoms with Crippen LogP contribution >= 0.6 is 0 Å². The minimum atomic E-state index is -0.338. The second-order valence-electron chi connectivity index (χ2n) is 5.81. The van der Waals surface area contributed by atoms with Crippen LogP contribution in [-0.2, 0) is 16.0 Å². The first-order chi connectivity index (χ1) is 12.6. The maximum Gasteiger partial charge on any atom is 0.311 e. The van der Waals surface area contributed by atoms with Crippen LogP contribution in [0.3, 0.4) is 0 Å². The third-order valence-corrected chi connectivity index (χ3v) is 3.70. The molecule has 0 atom stereocenters. The number of carbonyl (C=O) groups excluding carboxylic acids is 2. The number of amides is 1. The van der Waals surface area contributed by atoms with Crippen LogP contribution < -0.4 is 10.1 Å². The Bertz CT molecular complexity index is 882. The number of benzene rings is 2. The van der Waals surface area contributed by atoms with Gasteiger partial charge in [0.05, 0.1) is 6.42 Å². The van der Waals surface area contributed by atoms with Crippen molar-refractivity contribution in [3.05, 3.63) is 72.5 Å². The molecule has 3 rings (SSSR count). The topological polar surface area (TPSA) is 68.5 Å². The summed E-state index contributed by atoms with van der Waals surface area (Å²) in [5.41, 5.74) is 1.65. The quantitative estimate of drug-likeness (QED) is 0.527. The highest BCUT2D eigenvalue weighted by Gasteiger charge is 2.09. The molecule has 0 fully saturated rings. The number of anilines is 1. The van der Waals surface area contributed by atoms with Gasteiger partial charge in [0.25, 0.3) is 0 Å². The van der Waals surface area contributed by atoms with Gasteiger partial charge in [-0.2, -0.15) is 0 Å². The van der Waals surface area contributed by atoms with Crippen molar-refractivity contribution in [2.24, 2.45) is 0 Å². The number of rotatable bonds is 6. The summed E-state index contributed by atoms with van der Waals surface area (Å²) in [5, 5.41) is 2.66. The highest BCUT2D eigenvalue weighted by atomic mass is 16.5. The van der Waals surface area contributed by atoms with Gasteiger partial charge in [-0.3, -0.25) is 9.59 Å². The predicted octanol–water partition coefficient (Wildman–Crippen LogP) is 4.44. The lowest BCUT2D eigenvalue weighted by Gasteiger charge is -2.05. The number of furan rings is 1. The zero-order valence-electron chi connectivity index (χ0n) is 14.4. The average molecular weight is 349 g/mol. The Morgan fingerprint density at radius 1 is 0.962 bits per heavy atom. The lowest BCUT2D eigenvalue weighted by atomic mass is 10.2. The third-order valence-electron chi connectivity index (χ3n) is 3.70. The van der Waals surface area contributed by atoms with E-state index in [1.807, 2.05) is 42.5 Å². The summed E-state index contributed by atoms with van der Waals surface area (Å²) in [7, 11) is 0. The molecule has 0 saturated heterocycles. The molecule has 132 valence electrons. The van der Waals surface area contributed by atoms with Crippen LogP contribution in [0.1, 0.15) is 19.1 Å². The SMILES string of the molecule is CC(=O)Nc1ccc(OC(=O)CCc2ccc(-c3ccccc3)o2)cc1. The van der Waals surface area contributed by atoms with Crippen LogP contribution in [0.5, 0.6) is 5.75 Å². The molecule has 2 aromatic carbocycles. The maximum absolute atomic E-state index is 12.0. The molecule has 5 heteroatoms. The minimum absolute atomic E-state index is 0.150. The van der Waals surface area contributed by atoms with E-state index in [1.165, 1.54) is 6.92 Å². The molecule has 0 aliphatic rings. The van der Waals surface area contributed by atoms with Gasteiger partial charge >= 0.3 is 5.97 Å². The van der Waals surface area contributed by atoms with Crippen LogP contribution in [0.15, 0.2) is 71.1 Å². The van der Waals surface area contributed by atoms with E-state index < -0.39 is 0 Å². The smallest absolute Gasteiger partial charge is 0.311 e. The summed E-state index contributed by atoms with van der Waals surface area (Å²) in [4.78, 5) is 23.0.